The van der Waals surface area contributed by atoms with Crippen LogP contribution in [-0.4, -0.2) is 28.1 Å². The molecule has 0 aromatic heterocycles. The number of nitrogens with zero attached hydrogens (tertiary/aromatic N) is 2. The summed E-state index contributed by atoms with van der Waals surface area (Å²) in [4.78, 5) is 22.3. The van der Waals surface area contributed by atoms with Crippen molar-refractivity contribution in [2.75, 3.05) is 0 Å². The quantitative estimate of drug-likeness (QED) is 0.448. The second kappa shape index (κ2) is 8.79. The van der Waals surface area contributed by atoms with Gasteiger partial charge in [-0.1, -0.05) is 30.0 Å². The van der Waals surface area contributed by atoms with Crippen LogP contribution in [0.4, 0.5) is 9.59 Å². The van der Waals surface area contributed by atoms with E-state index in [2.05, 4.69) is 10.2 Å². The zero-order valence-corrected chi connectivity index (χ0v) is 12.2. The molecule has 0 unspecified atom stereocenters. The number of hydrogen-bond donors (Lipinski definition) is 0. The number of rotatable bonds is 4. The minimum absolute atomic E-state index is 0.0734. The van der Waals surface area contributed by atoms with Gasteiger partial charge in [-0.25, -0.2) is 9.59 Å². The second-order valence-electron chi connectivity index (χ2n) is 4.31. The van der Waals surface area contributed by atoms with E-state index in [1.54, 1.807) is 0 Å². The van der Waals surface area contributed by atoms with Crippen LogP contribution >= 0.6 is 0 Å². The standard InChI is InChI=1S/C11H20N2O4Si/c1-2-8-18-17-11(15)13-12-10(14)16-9-6-4-3-5-7-9/h9H,2-8,18H2,1H3. The van der Waals surface area contributed by atoms with Crippen molar-refractivity contribution in [1.29, 1.82) is 0 Å². The third-order valence-corrected chi connectivity index (χ3v) is 4.20. The molecule has 0 bridgehead atoms. The van der Waals surface area contributed by atoms with Gasteiger partial charge < -0.3 is 9.16 Å². The van der Waals surface area contributed by atoms with Crippen LogP contribution in [0.1, 0.15) is 45.4 Å². The molecular weight excluding hydrogens is 252 g/mol. The molecular formula is C11H20N2O4Si. The van der Waals surface area contributed by atoms with Crippen LogP contribution in [0.25, 0.3) is 0 Å². The van der Waals surface area contributed by atoms with Gasteiger partial charge in [0.2, 0.25) is 9.76 Å². The Morgan fingerprint density at radius 1 is 1.17 bits per heavy atom. The zero-order valence-electron chi connectivity index (χ0n) is 10.8. The van der Waals surface area contributed by atoms with Gasteiger partial charge in [-0.05, 0) is 31.7 Å². The lowest BCUT2D eigenvalue weighted by Crippen LogP contribution is -2.19. The third kappa shape index (κ3) is 6.48. The van der Waals surface area contributed by atoms with Gasteiger partial charge in [-0.15, -0.1) is 0 Å². The first-order valence-electron chi connectivity index (χ1n) is 6.51. The highest BCUT2D eigenvalue weighted by atomic mass is 28.2. The largest absolute Gasteiger partial charge is 0.507 e. The first-order chi connectivity index (χ1) is 8.72. The SMILES string of the molecule is CCC[SiH2]OC(=O)N=NC(=O)OC1CCCCC1. The van der Waals surface area contributed by atoms with E-state index in [1.807, 2.05) is 6.92 Å². The highest BCUT2D eigenvalue weighted by molar-refractivity contribution is 6.30. The highest BCUT2D eigenvalue weighted by Gasteiger charge is 2.17. The van der Waals surface area contributed by atoms with Gasteiger partial charge in [0.25, 0.3) is 0 Å². The fourth-order valence-electron chi connectivity index (χ4n) is 1.76. The van der Waals surface area contributed by atoms with E-state index in [0.29, 0.717) is 0 Å². The molecule has 0 heterocycles. The van der Waals surface area contributed by atoms with Crippen LogP contribution in [0, 0.1) is 0 Å². The van der Waals surface area contributed by atoms with Gasteiger partial charge in [0.15, 0.2) is 0 Å². The number of ether oxygens (including phenoxy) is 1. The predicted molar refractivity (Wildman–Crippen MR) is 68.3 cm³/mol. The van der Waals surface area contributed by atoms with Gasteiger partial charge in [-0.3, -0.25) is 0 Å². The fraction of sp³-hybridized carbons (Fsp3) is 0.818. The maximum absolute atomic E-state index is 11.3. The molecule has 1 aliphatic rings. The van der Waals surface area contributed by atoms with Crippen molar-refractivity contribution in [1.82, 2.24) is 0 Å². The molecule has 7 heteroatoms. The Balaban J connectivity index is 2.19. The van der Waals surface area contributed by atoms with Gasteiger partial charge >= 0.3 is 12.2 Å². The van der Waals surface area contributed by atoms with E-state index in [1.165, 1.54) is 6.42 Å². The molecule has 102 valence electrons. The highest BCUT2D eigenvalue weighted by Crippen LogP contribution is 2.20. The van der Waals surface area contributed by atoms with Gasteiger partial charge in [0.1, 0.15) is 6.10 Å². The van der Waals surface area contributed by atoms with E-state index in [4.69, 9.17) is 9.16 Å². The van der Waals surface area contributed by atoms with Crippen molar-refractivity contribution >= 4 is 21.9 Å². The molecule has 2 amide bonds. The molecule has 1 aliphatic carbocycles. The van der Waals surface area contributed by atoms with Crippen LogP contribution in [0.15, 0.2) is 10.2 Å². The molecule has 18 heavy (non-hydrogen) atoms. The summed E-state index contributed by atoms with van der Waals surface area (Å²) in [6.45, 7) is 2.02. The van der Waals surface area contributed by atoms with Gasteiger partial charge in [-0.2, -0.15) is 0 Å². The molecule has 0 N–H and O–H groups in total. The summed E-state index contributed by atoms with van der Waals surface area (Å²) in [5.41, 5.74) is 0. The average Bonchev–Trinajstić information content (AvgIpc) is 2.38. The molecule has 1 saturated carbocycles. The van der Waals surface area contributed by atoms with Crippen molar-refractivity contribution in [3.8, 4) is 0 Å². The Bertz CT molecular complexity index is 303. The number of azo groups is 1. The Morgan fingerprint density at radius 2 is 1.83 bits per heavy atom. The summed E-state index contributed by atoms with van der Waals surface area (Å²) in [5.74, 6) is 0. The normalized spacial score (nSPS) is 17.4. The molecule has 0 aromatic rings. The lowest BCUT2D eigenvalue weighted by molar-refractivity contribution is 0.0817. The Kier molecular flexibility index (Phi) is 7.24. The first-order valence-corrected chi connectivity index (χ1v) is 8.09. The van der Waals surface area contributed by atoms with Crippen molar-refractivity contribution in [2.45, 2.75) is 57.6 Å². The summed E-state index contributed by atoms with van der Waals surface area (Å²) in [6.07, 6.45) is 4.40. The lowest BCUT2D eigenvalue weighted by Gasteiger charge is -2.20. The molecule has 0 aromatic carbocycles. The van der Waals surface area contributed by atoms with Gasteiger partial charge in [0.05, 0.1) is 0 Å². The monoisotopic (exact) mass is 272 g/mol. The first kappa shape index (κ1) is 14.8. The molecule has 0 spiro atoms. The second-order valence-corrected chi connectivity index (χ2v) is 5.72. The Hall–Kier alpha value is -1.24. The van der Waals surface area contributed by atoms with Gasteiger partial charge in [0, 0.05) is 0 Å². The minimum atomic E-state index is -0.862. The van der Waals surface area contributed by atoms with E-state index < -0.39 is 21.9 Å². The predicted octanol–water partition coefficient (Wildman–Crippen LogP) is 2.96. The molecule has 0 atom stereocenters. The summed E-state index contributed by atoms with van der Waals surface area (Å²) in [7, 11) is -0.862. The summed E-state index contributed by atoms with van der Waals surface area (Å²) >= 11 is 0. The van der Waals surface area contributed by atoms with E-state index in [-0.39, 0.29) is 6.10 Å². The van der Waals surface area contributed by atoms with E-state index in [0.717, 1.165) is 38.1 Å². The lowest BCUT2D eigenvalue weighted by atomic mass is 9.98. The summed E-state index contributed by atoms with van der Waals surface area (Å²) in [6, 6.07) is 0.910. The zero-order chi connectivity index (χ0) is 13.2. The number of carbonyl (C=O) groups is 2. The molecule has 0 radical (unpaired) electrons. The minimum Gasteiger partial charge on any atom is -0.507 e. The molecule has 6 nitrogen and oxygen atoms in total. The van der Waals surface area contributed by atoms with Crippen LogP contribution in [0.5, 0.6) is 0 Å². The van der Waals surface area contributed by atoms with E-state index in [9.17, 15) is 9.59 Å². The van der Waals surface area contributed by atoms with Crippen LogP contribution < -0.4 is 0 Å². The average molecular weight is 272 g/mol. The van der Waals surface area contributed by atoms with Crippen LogP contribution in [0.3, 0.4) is 0 Å². The summed E-state index contributed by atoms with van der Waals surface area (Å²) < 4.78 is 9.93. The number of carbonyl (C=O) groups excluding carboxylic acids is 2. The topological polar surface area (TPSA) is 77.3 Å². The van der Waals surface area contributed by atoms with E-state index >= 15 is 0 Å². The van der Waals surface area contributed by atoms with Crippen molar-refractivity contribution in [2.24, 2.45) is 10.2 Å². The molecule has 1 fully saturated rings. The van der Waals surface area contributed by atoms with Crippen LogP contribution in [0.2, 0.25) is 6.04 Å². The fourth-order valence-corrected chi connectivity index (χ4v) is 2.43. The third-order valence-electron chi connectivity index (χ3n) is 2.76. The summed E-state index contributed by atoms with van der Waals surface area (Å²) in [5, 5.41) is 6.39. The Labute approximate surface area is 109 Å². The smallest absolute Gasteiger partial charge is 0.452 e. The maximum Gasteiger partial charge on any atom is 0.452 e. The number of amides is 2. The molecule has 0 saturated heterocycles. The van der Waals surface area contributed by atoms with Crippen molar-refractivity contribution < 1.29 is 18.8 Å². The molecule has 1 rings (SSSR count). The van der Waals surface area contributed by atoms with Crippen LogP contribution in [-0.2, 0) is 9.16 Å². The molecule has 0 aliphatic heterocycles. The number of hydrogen-bond acceptors (Lipinski definition) is 4. The Morgan fingerprint density at radius 3 is 2.50 bits per heavy atom. The maximum atomic E-state index is 11.3. The van der Waals surface area contributed by atoms with Crippen molar-refractivity contribution in [3.63, 3.8) is 0 Å². The van der Waals surface area contributed by atoms with Crippen molar-refractivity contribution in [3.05, 3.63) is 0 Å².